The molecule has 1 unspecified atom stereocenters. The third-order valence-corrected chi connectivity index (χ3v) is 5.02. The lowest BCUT2D eigenvalue weighted by molar-refractivity contribution is 0.618. The van der Waals surface area contributed by atoms with Crippen LogP contribution in [-0.4, -0.2) is 18.8 Å². The van der Waals surface area contributed by atoms with Crippen LogP contribution in [0.3, 0.4) is 0 Å². The molecule has 0 spiro atoms. The predicted molar refractivity (Wildman–Crippen MR) is 115 cm³/mol. The number of hydrogen-bond acceptors (Lipinski definition) is 2. The number of aliphatic imine (C=N–C) groups is 1. The van der Waals surface area contributed by atoms with Crippen LogP contribution < -0.4 is 5.32 Å². The Morgan fingerprint density at radius 1 is 0.962 bits per heavy atom. The zero-order valence-electron chi connectivity index (χ0n) is 15.4. The number of nitrogens with zero attached hydrogens (tertiary/aromatic N) is 1. The Kier molecular flexibility index (Phi) is 9.76. The maximum absolute atomic E-state index is 6.16. The first-order valence-corrected chi connectivity index (χ1v) is 10.2. The summed E-state index contributed by atoms with van der Waals surface area (Å²) in [4.78, 5) is 4.65. The summed E-state index contributed by atoms with van der Waals surface area (Å²) < 4.78 is 0. The van der Waals surface area contributed by atoms with Crippen LogP contribution in [0.15, 0.2) is 53.5 Å². The molecule has 2 aromatic carbocycles. The van der Waals surface area contributed by atoms with Crippen molar-refractivity contribution < 1.29 is 0 Å². The van der Waals surface area contributed by atoms with Crippen LogP contribution in [0.1, 0.15) is 43.7 Å². The highest BCUT2D eigenvalue weighted by molar-refractivity contribution is 6.42. The Balaban J connectivity index is 1.95. The maximum atomic E-state index is 6.16. The zero-order chi connectivity index (χ0) is 18.6. The molecular weight excluding hydrogens is 363 g/mol. The minimum absolute atomic E-state index is 0.165. The van der Waals surface area contributed by atoms with E-state index in [1.165, 1.54) is 24.8 Å². The van der Waals surface area contributed by atoms with Gasteiger partial charge in [-0.15, -0.1) is 0 Å². The molecule has 2 rings (SSSR count). The number of halogens is 2. The molecule has 2 aromatic rings. The molecule has 0 aliphatic heterocycles. The first kappa shape index (κ1) is 21.0. The summed E-state index contributed by atoms with van der Waals surface area (Å²) in [5.41, 5.74) is 2.42. The van der Waals surface area contributed by atoms with E-state index in [0.29, 0.717) is 10.0 Å². The molecule has 0 aromatic heterocycles. The molecule has 1 N–H and O–H groups in total. The van der Waals surface area contributed by atoms with Crippen molar-refractivity contribution in [3.8, 4) is 0 Å². The second-order valence-corrected chi connectivity index (χ2v) is 7.36. The fourth-order valence-corrected chi connectivity index (χ4v) is 3.10. The molecule has 0 aliphatic rings. The number of unbranched alkanes of at least 4 members (excludes halogenated alkanes) is 3. The van der Waals surface area contributed by atoms with Crippen molar-refractivity contribution in [3.05, 3.63) is 69.7 Å². The Labute approximate surface area is 167 Å². The first-order valence-electron chi connectivity index (χ1n) is 9.40. The zero-order valence-corrected chi connectivity index (χ0v) is 16.9. The minimum atomic E-state index is 0.165. The van der Waals surface area contributed by atoms with Crippen molar-refractivity contribution in [2.24, 2.45) is 4.99 Å². The van der Waals surface area contributed by atoms with Crippen LogP contribution in [-0.2, 0) is 13.0 Å². The molecule has 1 atom stereocenters. The van der Waals surface area contributed by atoms with Gasteiger partial charge in [0.05, 0.1) is 10.0 Å². The highest BCUT2D eigenvalue weighted by Gasteiger charge is 2.08. The van der Waals surface area contributed by atoms with Gasteiger partial charge in [0, 0.05) is 25.3 Å². The Morgan fingerprint density at radius 2 is 1.77 bits per heavy atom. The molecule has 0 heterocycles. The lowest BCUT2D eigenvalue weighted by Gasteiger charge is -2.15. The van der Waals surface area contributed by atoms with Crippen molar-refractivity contribution in [2.45, 2.75) is 51.6 Å². The van der Waals surface area contributed by atoms with E-state index in [2.05, 4.69) is 47.7 Å². The monoisotopic (exact) mass is 390 g/mol. The highest BCUT2D eigenvalue weighted by Crippen LogP contribution is 2.23. The van der Waals surface area contributed by atoms with E-state index < -0.39 is 0 Å². The fourth-order valence-electron chi connectivity index (χ4n) is 2.77. The third kappa shape index (κ3) is 7.90. The van der Waals surface area contributed by atoms with Crippen LogP contribution in [0.5, 0.6) is 0 Å². The summed E-state index contributed by atoms with van der Waals surface area (Å²) in [6, 6.07) is 16.4. The van der Waals surface area contributed by atoms with Gasteiger partial charge in [0.25, 0.3) is 0 Å². The van der Waals surface area contributed by atoms with Crippen LogP contribution in [0.4, 0.5) is 0 Å². The molecule has 0 aliphatic carbocycles. The van der Waals surface area contributed by atoms with E-state index in [1.807, 2.05) is 24.3 Å². The molecular formula is C22H28Cl2N2. The van der Waals surface area contributed by atoms with Gasteiger partial charge in [0.2, 0.25) is 0 Å². The molecule has 0 fully saturated rings. The molecule has 0 radical (unpaired) electrons. The van der Waals surface area contributed by atoms with E-state index in [9.17, 15) is 0 Å². The van der Waals surface area contributed by atoms with Crippen molar-refractivity contribution >= 4 is 29.4 Å². The highest BCUT2D eigenvalue weighted by atomic mass is 35.5. The van der Waals surface area contributed by atoms with Gasteiger partial charge >= 0.3 is 0 Å². The third-order valence-electron chi connectivity index (χ3n) is 4.28. The van der Waals surface area contributed by atoms with Gasteiger partial charge in [-0.3, -0.25) is 4.99 Å². The fraction of sp³-hybridized carbons (Fsp3) is 0.409. The van der Waals surface area contributed by atoms with Gasteiger partial charge in [-0.1, -0.05) is 85.8 Å². The molecule has 4 heteroatoms. The molecule has 140 valence electrons. The van der Waals surface area contributed by atoms with E-state index in [4.69, 9.17) is 23.2 Å². The van der Waals surface area contributed by atoms with Gasteiger partial charge in [-0.05, 0) is 36.1 Å². The van der Waals surface area contributed by atoms with Gasteiger partial charge in [-0.2, -0.15) is 0 Å². The predicted octanol–water partition coefficient (Wildman–Crippen LogP) is 6.35. The van der Waals surface area contributed by atoms with Crippen molar-refractivity contribution in [2.75, 3.05) is 6.54 Å². The Morgan fingerprint density at radius 3 is 2.50 bits per heavy atom. The lowest BCUT2D eigenvalue weighted by Crippen LogP contribution is -2.32. The summed E-state index contributed by atoms with van der Waals surface area (Å²) in [6.07, 6.45) is 7.83. The number of nitrogens with one attached hydrogen (secondary N) is 1. The summed E-state index contributed by atoms with van der Waals surface area (Å²) in [5, 5.41) is 4.79. The van der Waals surface area contributed by atoms with Crippen LogP contribution in [0.2, 0.25) is 10.0 Å². The lowest BCUT2D eigenvalue weighted by atomic mass is 10.1. The second kappa shape index (κ2) is 12.1. The normalized spacial score (nSPS) is 12.6. The largest absolute Gasteiger partial charge is 0.305 e. The van der Waals surface area contributed by atoms with Crippen molar-refractivity contribution in [1.29, 1.82) is 0 Å². The Hall–Kier alpha value is -1.35. The second-order valence-electron chi connectivity index (χ2n) is 6.54. The van der Waals surface area contributed by atoms with E-state index >= 15 is 0 Å². The van der Waals surface area contributed by atoms with Gasteiger partial charge < -0.3 is 5.32 Å². The quantitative estimate of drug-likeness (QED) is 0.351. The van der Waals surface area contributed by atoms with E-state index in [-0.39, 0.29) is 6.04 Å². The summed E-state index contributed by atoms with van der Waals surface area (Å²) in [7, 11) is 0. The smallest absolute Gasteiger partial charge is 0.0595 e. The topological polar surface area (TPSA) is 24.4 Å². The van der Waals surface area contributed by atoms with E-state index in [1.54, 1.807) is 0 Å². The molecule has 0 saturated heterocycles. The summed E-state index contributed by atoms with van der Waals surface area (Å²) >= 11 is 12.2. The van der Waals surface area contributed by atoms with E-state index in [0.717, 1.165) is 31.5 Å². The Bertz CT molecular complexity index is 671. The number of benzene rings is 2. The van der Waals surface area contributed by atoms with Gasteiger partial charge in [0.15, 0.2) is 0 Å². The summed E-state index contributed by atoms with van der Waals surface area (Å²) in [6.45, 7) is 3.93. The molecule has 26 heavy (non-hydrogen) atoms. The van der Waals surface area contributed by atoms with Crippen LogP contribution in [0.25, 0.3) is 0 Å². The van der Waals surface area contributed by atoms with Crippen LogP contribution >= 0.6 is 23.2 Å². The standard InChI is InChI=1S/C22H28Cl2N2/c1-2-3-4-8-13-25-17-20(26-16-18-9-6-5-7-10-18)14-19-11-12-21(23)22(24)15-19/h5-7,9-12,15,17,20,26H,2-4,8,13-14,16H2,1H3. The first-order chi connectivity index (χ1) is 12.7. The molecule has 0 bridgehead atoms. The average Bonchev–Trinajstić information content (AvgIpc) is 2.66. The average molecular weight is 391 g/mol. The maximum Gasteiger partial charge on any atom is 0.0595 e. The SMILES string of the molecule is CCCCCCN=CC(Cc1ccc(Cl)c(Cl)c1)NCc1ccccc1. The number of hydrogen-bond donors (Lipinski definition) is 1. The van der Waals surface area contributed by atoms with Crippen LogP contribution in [0, 0.1) is 0 Å². The molecule has 0 amide bonds. The minimum Gasteiger partial charge on any atom is -0.305 e. The van der Waals surface area contributed by atoms with Crippen molar-refractivity contribution in [1.82, 2.24) is 5.32 Å². The summed E-state index contributed by atoms with van der Waals surface area (Å²) in [5.74, 6) is 0. The van der Waals surface area contributed by atoms with Gasteiger partial charge in [-0.25, -0.2) is 0 Å². The number of rotatable bonds is 11. The van der Waals surface area contributed by atoms with Gasteiger partial charge in [0.1, 0.15) is 0 Å². The molecule has 2 nitrogen and oxygen atoms in total. The van der Waals surface area contributed by atoms with Crippen molar-refractivity contribution in [3.63, 3.8) is 0 Å². The molecule has 0 saturated carbocycles.